The summed E-state index contributed by atoms with van der Waals surface area (Å²) in [6.45, 7) is 1.98. The molecule has 3 heterocycles. The summed E-state index contributed by atoms with van der Waals surface area (Å²) in [5, 5.41) is 27.4. The standard InChI is InChI=1S/C28H32N2O4S/c1-29(23(32)7-4-18-9-13-35-16-18)20-8-10-28(33)22-14-19-5-6-21(31)25-24(19)27(28,26(20)34-25)11-12-30(22)15-17-2-3-17/h4-7,9,13,16-17,20,22,26,31,33H,2-3,8,10-12,14-15H2,1H3/b7-4+/t20-,22-,26+,27+,28-/m1/s1. The molecule has 5 atom stereocenters. The van der Waals surface area contributed by atoms with Gasteiger partial charge in [-0.05, 0) is 91.1 Å². The van der Waals surface area contributed by atoms with E-state index in [1.807, 2.05) is 36.0 Å². The lowest BCUT2D eigenvalue weighted by atomic mass is 9.48. The Morgan fingerprint density at radius 3 is 2.91 bits per heavy atom. The number of hydrogen-bond donors (Lipinski definition) is 2. The first-order valence-corrected chi connectivity index (χ1v) is 13.8. The van der Waals surface area contributed by atoms with Crippen molar-refractivity contribution in [3.05, 3.63) is 51.7 Å². The largest absolute Gasteiger partial charge is 0.504 e. The van der Waals surface area contributed by atoms with Gasteiger partial charge in [-0.2, -0.15) is 11.3 Å². The molecule has 1 aromatic carbocycles. The van der Waals surface area contributed by atoms with Crippen molar-refractivity contribution in [2.24, 2.45) is 5.92 Å². The molecule has 1 amide bonds. The number of likely N-dealkylation sites (tertiary alicyclic amines) is 1. The van der Waals surface area contributed by atoms with E-state index in [4.69, 9.17) is 4.74 Å². The van der Waals surface area contributed by atoms with E-state index in [0.29, 0.717) is 18.6 Å². The fourth-order valence-electron chi connectivity index (χ4n) is 7.67. The van der Waals surface area contributed by atoms with Gasteiger partial charge in [-0.3, -0.25) is 9.69 Å². The van der Waals surface area contributed by atoms with Crippen LogP contribution in [-0.4, -0.2) is 69.8 Å². The molecule has 2 aliphatic heterocycles. The molecular weight excluding hydrogens is 460 g/mol. The van der Waals surface area contributed by atoms with E-state index in [2.05, 4.69) is 4.90 Å². The molecule has 7 rings (SSSR count). The summed E-state index contributed by atoms with van der Waals surface area (Å²) in [5.74, 6) is 1.36. The highest BCUT2D eigenvalue weighted by Gasteiger charge is 2.73. The topological polar surface area (TPSA) is 73.2 Å². The van der Waals surface area contributed by atoms with E-state index in [1.54, 1.807) is 28.4 Å². The zero-order chi connectivity index (χ0) is 23.9. The van der Waals surface area contributed by atoms with Crippen molar-refractivity contribution >= 4 is 23.3 Å². The number of phenols is 1. The van der Waals surface area contributed by atoms with Crippen molar-refractivity contribution in [3.8, 4) is 11.5 Å². The molecule has 2 aromatic rings. The van der Waals surface area contributed by atoms with Gasteiger partial charge in [0, 0.05) is 31.3 Å². The second-order valence-corrected chi connectivity index (χ2v) is 12.0. The Balaban J connectivity index is 1.28. The smallest absolute Gasteiger partial charge is 0.246 e. The average molecular weight is 493 g/mol. The van der Waals surface area contributed by atoms with E-state index in [9.17, 15) is 15.0 Å². The number of nitrogens with zero attached hydrogens (tertiary/aromatic N) is 2. The molecule has 0 radical (unpaired) electrons. The Morgan fingerprint density at radius 2 is 2.14 bits per heavy atom. The van der Waals surface area contributed by atoms with Crippen molar-refractivity contribution in [3.63, 3.8) is 0 Å². The summed E-state index contributed by atoms with van der Waals surface area (Å²) in [7, 11) is 1.85. The van der Waals surface area contributed by atoms with Crippen molar-refractivity contribution in [2.75, 3.05) is 20.1 Å². The third-order valence-electron chi connectivity index (χ3n) is 9.54. The quantitative estimate of drug-likeness (QED) is 0.625. The van der Waals surface area contributed by atoms with Gasteiger partial charge in [0.1, 0.15) is 6.10 Å². The summed E-state index contributed by atoms with van der Waals surface area (Å²) in [6, 6.07) is 5.62. The van der Waals surface area contributed by atoms with Gasteiger partial charge in [0.05, 0.1) is 17.1 Å². The number of phenolic OH excluding ortho intramolecular Hbond substituents is 1. The van der Waals surface area contributed by atoms with Crippen LogP contribution in [0, 0.1) is 5.92 Å². The van der Waals surface area contributed by atoms with Crippen LogP contribution in [0.3, 0.4) is 0 Å². The molecule has 0 unspecified atom stereocenters. The van der Waals surface area contributed by atoms with Crippen LogP contribution in [0.25, 0.3) is 6.08 Å². The van der Waals surface area contributed by atoms with E-state index >= 15 is 0 Å². The van der Waals surface area contributed by atoms with Crippen molar-refractivity contribution in [1.82, 2.24) is 9.80 Å². The van der Waals surface area contributed by atoms with Crippen molar-refractivity contribution < 1.29 is 19.7 Å². The van der Waals surface area contributed by atoms with Crippen LogP contribution in [0.15, 0.2) is 35.0 Å². The Bertz CT molecular complexity index is 1210. The minimum Gasteiger partial charge on any atom is -0.504 e. The average Bonchev–Trinajstić information content (AvgIpc) is 3.36. The normalized spacial score (nSPS) is 35.1. The van der Waals surface area contributed by atoms with Crippen LogP contribution in [-0.2, 0) is 16.6 Å². The third kappa shape index (κ3) is 2.98. The number of thiophene rings is 1. The lowest BCUT2D eigenvalue weighted by molar-refractivity contribution is -0.200. The zero-order valence-electron chi connectivity index (χ0n) is 20.0. The Labute approximate surface area is 209 Å². The van der Waals surface area contributed by atoms with Gasteiger partial charge in [-0.25, -0.2) is 0 Å². The maximum Gasteiger partial charge on any atom is 0.246 e. The molecule has 1 saturated heterocycles. The summed E-state index contributed by atoms with van der Waals surface area (Å²) >= 11 is 1.61. The summed E-state index contributed by atoms with van der Waals surface area (Å²) in [4.78, 5) is 17.6. The summed E-state index contributed by atoms with van der Waals surface area (Å²) < 4.78 is 6.59. The molecule has 2 bridgehead atoms. The highest BCUT2D eigenvalue weighted by molar-refractivity contribution is 7.08. The Hall–Kier alpha value is -2.35. The van der Waals surface area contributed by atoms with Gasteiger partial charge in [0.15, 0.2) is 11.5 Å². The fraction of sp³-hybridized carbons (Fsp3) is 0.536. The van der Waals surface area contributed by atoms with E-state index < -0.39 is 11.0 Å². The molecule has 1 spiro atoms. The number of piperidine rings is 1. The molecular formula is C28H32N2O4S. The molecule has 7 heteroatoms. The number of amides is 1. The number of rotatable bonds is 5. The number of likely N-dealkylation sites (N-methyl/N-ethyl adjacent to an activating group) is 1. The van der Waals surface area contributed by atoms with Crippen LogP contribution >= 0.6 is 11.3 Å². The highest BCUT2D eigenvalue weighted by Crippen LogP contribution is 2.66. The molecule has 2 saturated carbocycles. The van der Waals surface area contributed by atoms with E-state index in [0.717, 1.165) is 43.0 Å². The number of hydrogen-bond acceptors (Lipinski definition) is 6. The van der Waals surface area contributed by atoms with Crippen molar-refractivity contribution in [1.29, 1.82) is 0 Å². The van der Waals surface area contributed by atoms with Crippen LogP contribution in [0.4, 0.5) is 0 Å². The van der Waals surface area contributed by atoms with Crippen LogP contribution in [0.2, 0.25) is 0 Å². The molecule has 184 valence electrons. The highest BCUT2D eigenvalue weighted by atomic mass is 32.1. The monoisotopic (exact) mass is 492 g/mol. The molecule has 1 aromatic heterocycles. The van der Waals surface area contributed by atoms with Crippen LogP contribution < -0.4 is 4.74 Å². The molecule has 35 heavy (non-hydrogen) atoms. The molecule has 6 nitrogen and oxygen atoms in total. The number of carbonyl (C=O) groups is 1. The van der Waals surface area contributed by atoms with Gasteiger partial charge in [-0.15, -0.1) is 0 Å². The van der Waals surface area contributed by atoms with Gasteiger partial charge >= 0.3 is 0 Å². The maximum atomic E-state index is 13.2. The molecule has 5 aliphatic rings. The fourth-order valence-corrected chi connectivity index (χ4v) is 8.30. The number of carbonyl (C=O) groups excluding carboxylic acids is 1. The molecule has 2 N–H and O–H groups in total. The van der Waals surface area contributed by atoms with Gasteiger partial charge < -0.3 is 19.8 Å². The van der Waals surface area contributed by atoms with Gasteiger partial charge in [-0.1, -0.05) is 6.07 Å². The second-order valence-electron chi connectivity index (χ2n) is 11.2. The Kier molecular flexibility index (Phi) is 4.74. The van der Waals surface area contributed by atoms with Crippen molar-refractivity contribution in [2.45, 2.75) is 67.7 Å². The third-order valence-corrected chi connectivity index (χ3v) is 10.2. The zero-order valence-corrected chi connectivity index (χ0v) is 20.8. The number of aromatic hydroxyl groups is 1. The lowest BCUT2D eigenvalue weighted by Crippen LogP contribution is -2.78. The minimum atomic E-state index is -0.927. The van der Waals surface area contributed by atoms with E-state index in [-0.39, 0.29) is 29.8 Å². The first-order valence-electron chi connectivity index (χ1n) is 12.9. The van der Waals surface area contributed by atoms with Gasteiger partial charge in [0.2, 0.25) is 5.91 Å². The van der Waals surface area contributed by atoms with Crippen LogP contribution in [0.1, 0.15) is 48.8 Å². The summed E-state index contributed by atoms with van der Waals surface area (Å²) in [6.07, 6.45) is 8.57. The predicted octanol–water partition coefficient (Wildman–Crippen LogP) is 3.56. The first-order chi connectivity index (χ1) is 16.9. The number of aliphatic hydroxyl groups is 1. The maximum absolute atomic E-state index is 13.2. The van der Waals surface area contributed by atoms with Gasteiger partial charge in [0.25, 0.3) is 0 Å². The predicted molar refractivity (Wildman–Crippen MR) is 135 cm³/mol. The SMILES string of the molecule is CN(C(=O)/C=C/c1ccsc1)[C@@H]1CC[C@@]2(O)[C@H]3Cc4ccc(O)c5c4[C@@]2(CCN3CC2CC2)[C@H]1O5. The van der Waals surface area contributed by atoms with E-state index in [1.165, 1.54) is 18.4 Å². The number of ether oxygens (including phenoxy) is 1. The Morgan fingerprint density at radius 1 is 1.29 bits per heavy atom. The molecule has 3 aliphatic carbocycles. The molecule has 3 fully saturated rings. The summed E-state index contributed by atoms with van der Waals surface area (Å²) in [5.41, 5.74) is 1.68. The minimum absolute atomic E-state index is 0.0476. The lowest BCUT2D eigenvalue weighted by Gasteiger charge is -2.64. The first kappa shape index (κ1) is 21.9. The second kappa shape index (κ2) is 7.58. The van der Waals surface area contributed by atoms with Crippen LogP contribution in [0.5, 0.6) is 11.5 Å². The number of benzene rings is 1.